The largest absolute Gasteiger partial charge is 0.396 e. The average Bonchev–Trinajstić information content (AvgIpc) is 2.62. The Morgan fingerprint density at radius 1 is 1.23 bits per heavy atom. The molecular formula is C12H16O. The first-order chi connectivity index (χ1) is 6.42. The SMILES string of the molecule is OCCCc1cccc2c1CCC2. The highest BCUT2D eigenvalue weighted by atomic mass is 16.2. The maximum Gasteiger partial charge on any atom is 0.0434 e. The summed E-state index contributed by atoms with van der Waals surface area (Å²) in [5, 5.41) is 8.78. The van der Waals surface area contributed by atoms with Crippen molar-refractivity contribution in [3.8, 4) is 0 Å². The van der Waals surface area contributed by atoms with Gasteiger partial charge in [-0.3, -0.25) is 0 Å². The molecule has 0 bridgehead atoms. The molecule has 1 aliphatic rings. The van der Waals surface area contributed by atoms with E-state index in [0.717, 1.165) is 12.8 Å². The number of fused-ring (bicyclic) bond motifs is 1. The number of hydrogen-bond donors (Lipinski definition) is 1. The van der Waals surface area contributed by atoms with Crippen molar-refractivity contribution in [3.05, 3.63) is 34.9 Å². The summed E-state index contributed by atoms with van der Waals surface area (Å²) in [5.41, 5.74) is 4.57. The third-order valence-electron chi connectivity index (χ3n) is 2.85. The summed E-state index contributed by atoms with van der Waals surface area (Å²) in [4.78, 5) is 0. The Morgan fingerprint density at radius 3 is 3.00 bits per heavy atom. The highest BCUT2D eigenvalue weighted by Gasteiger charge is 2.13. The van der Waals surface area contributed by atoms with Gasteiger partial charge in [-0.25, -0.2) is 0 Å². The number of aliphatic hydroxyl groups excluding tert-OH is 1. The Morgan fingerprint density at radius 2 is 2.15 bits per heavy atom. The van der Waals surface area contributed by atoms with E-state index in [1.54, 1.807) is 5.56 Å². The van der Waals surface area contributed by atoms with E-state index < -0.39 is 0 Å². The van der Waals surface area contributed by atoms with Gasteiger partial charge < -0.3 is 5.11 Å². The van der Waals surface area contributed by atoms with Crippen molar-refractivity contribution in [2.45, 2.75) is 32.1 Å². The minimum absolute atomic E-state index is 0.309. The first-order valence-electron chi connectivity index (χ1n) is 5.12. The number of benzene rings is 1. The molecule has 1 aromatic carbocycles. The average molecular weight is 176 g/mol. The van der Waals surface area contributed by atoms with Crippen LogP contribution in [0, 0.1) is 0 Å². The summed E-state index contributed by atoms with van der Waals surface area (Å²) in [7, 11) is 0. The lowest BCUT2D eigenvalue weighted by molar-refractivity contribution is 0.288. The van der Waals surface area contributed by atoms with Crippen LogP contribution < -0.4 is 0 Å². The molecule has 1 aromatic rings. The second-order valence-electron chi connectivity index (χ2n) is 3.74. The van der Waals surface area contributed by atoms with Crippen molar-refractivity contribution in [1.29, 1.82) is 0 Å². The van der Waals surface area contributed by atoms with Crippen LogP contribution in [0.5, 0.6) is 0 Å². The molecule has 2 rings (SSSR count). The number of aryl methyl sites for hydroxylation is 2. The number of hydrogen-bond acceptors (Lipinski definition) is 1. The molecule has 1 aliphatic carbocycles. The zero-order chi connectivity index (χ0) is 9.10. The van der Waals surface area contributed by atoms with Gasteiger partial charge in [-0.2, -0.15) is 0 Å². The van der Waals surface area contributed by atoms with Crippen molar-refractivity contribution in [1.82, 2.24) is 0 Å². The second-order valence-corrected chi connectivity index (χ2v) is 3.74. The Balaban J connectivity index is 2.20. The molecule has 0 amide bonds. The van der Waals surface area contributed by atoms with Gasteiger partial charge in [0.2, 0.25) is 0 Å². The molecule has 0 fully saturated rings. The lowest BCUT2D eigenvalue weighted by atomic mass is 10.00. The summed E-state index contributed by atoms with van der Waals surface area (Å²) in [6, 6.07) is 6.60. The van der Waals surface area contributed by atoms with Crippen molar-refractivity contribution < 1.29 is 5.11 Å². The summed E-state index contributed by atoms with van der Waals surface area (Å²) >= 11 is 0. The summed E-state index contributed by atoms with van der Waals surface area (Å²) in [5.74, 6) is 0. The summed E-state index contributed by atoms with van der Waals surface area (Å²) in [6.07, 6.45) is 5.75. The minimum atomic E-state index is 0.309. The maximum absolute atomic E-state index is 8.78. The van der Waals surface area contributed by atoms with E-state index in [2.05, 4.69) is 18.2 Å². The molecule has 0 atom stereocenters. The molecule has 0 aromatic heterocycles. The van der Waals surface area contributed by atoms with Gasteiger partial charge in [0.15, 0.2) is 0 Å². The number of rotatable bonds is 3. The molecule has 1 nitrogen and oxygen atoms in total. The molecule has 0 heterocycles. The molecule has 1 heteroatoms. The van der Waals surface area contributed by atoms with Gasteiger partial charge in [0, 0.05) is 6.61 Å². The van der Waals surface area contributed by atoms with Gasteiger partial charge in [0.1, 0.15) is 0 Å². The molecule has 0 spiro atoms. The normalized spacial score (nSPS) is 14.5. The minimum Gasteiger partial charge on any atom is -0.396 e. The van der Waals surface area contributed by atoms with Gasteiger partial charge in [-0.15, -0.1) is 0 Å². The van der Waals surface area contributed by atoms with Crippen molar-refractivity contribution in [3.63, 3.8) is 0 Å². The molecule has 1 N–H and O–H groups in total. The molecule has 0 unspecified atom stereocenters. The first-order valence-corrected chi connectivity index (χ1v) is 5.12. The Hall–Kier alpha value is -0.820. The molecule has 70 valence electrons. The van der Waals surface area contributed by atoms with Crippen LogP contribution in [0.3, 0.4) is 0 Å². The molecule has 13 heavy (non-hydrogen) atoms. The second kappa shape index (κ2) is 3.93. The lowest BCUT2D eigenvalue weighted by Gasteiger charge is -2.06. The molecule has 0 saturated carbocycles. The Kier molecular flexibility index (Phi) is 2.65. The topological polar surface area (TPSA) is 20.2 Å². The highest BCUT2D eigenvalue weighted by molar-refractivity contribution is 5.38. The predicted octanol–water partition coefficient (Wildman–Crippen LogP) is 2.10. The van der Waals surface area contributed by atoms with Crippen LogP contribution in [0.25, 0.3) is 0 Å². The van der Waals surface area contributed by atoms with Crippen molar-refractivity contribution in [2.75, 3.05) is 6.61 Å². The van der Waals surface area contributed by atoms with Crippen LogP contribution in [-0.2, 0) is 19.3 Å². The summed E-state index contributed by atoms with van der Waals surface area (Å²) in [6.45, 7) is 0.309. The van der Waals surface area contributed by atoms with E-state index in [-0.39, 0.29) is 0 Å². The molecule has 0 saturated heterocycles. The molecular weight excluding hydrogens is 160 g/mol. The predicted molar refractivity (Wildman–Crippen MR) is 53.9 cm³/mol. The third-order valence-corrected chi connectivity index (χ3v) is 2.85. The smallest absolute Gasteiger partial charge is 0.0434 e. The van der Waals surface area contributed by atoms with Crippen molar-refractivity contribution in [2.24, 2.45) is 0 Å². The van der Waals surface area contributed by atoms with Gasteiger partial charge in [-0.05, 0) is 48.8 Å². The molecule has 0 aliphatic heterocycles. The Labute approximate surface area is 79.4 Å². The zero-order valence-corrected chi connectivity index (χ0v) is 7.92. The van der Waals surface area contributed by atoms with E-state index in [0.29, 0.717) is 6.61 Å². The maximum atomic E-state index is 8.78. The number of aliphatic hydroxyl groups is 1. The summed E-state index contributed by atoms with van der Waals surface area (Å²) < 4.78 is 0. The van der Waals surface area contributed by atoms with Gasteiger partial charge in [0.05, 0.1) is 0 Å². The van der Waals surface area contributed by atoms with Crippen LogP contribution in [0.15, 0.2) is 18.2 Å². The standard InChI is InChI=1S/C12H16O/c13-9-3-7-11-5-1-4-10-6-2-8-12(10)11/h1,4-5,13H,2-3,6-9H2. The lowest BCUT2D eigenvalue weighted by Crippen LogP contribution is -1.95. The van der Waals surface area contributed by atoms with Crippen LogP contribution in [0.4, 0.5) is 0 Å². The van der Waals surface area contributed by atoms with E-state index in [4.69, 9.17) is 5.11 Å². The molecule has 0 radical (unpaired) electrons. The quantitative estimate of drug-likeness (QED) is 0.747. The van der Waals surface area contributed by atoms with E-state index in [9.17, 15) is 0 Å². The van der Waals surface area contributed by atoms with E-state index in [1.807, 2.05) is 0 Å². The van der Waals surface area contributed by atoms with Crippen LogP contribution in [0.1, 0.15) is 29.5 Å². The highest BCUT2D eigenvalue weighted by Crippen LogP contribution is 2.25. The van der Waals surface area contributed by atoms with Crippen LogP contribution in [0.2, 0.25) is 0 Å². The fraction of sp³-hybridized carbons (Fsp3) is 0.500. The van der Waals surface area contributed by atoms with E-state index >= 15 is 0 Å². The zero-order valence-electron chi connectivity index (χ0n) is 7.92. The Bertz CT molecular complexity index is 291. The monoisotopic (exact) mass is 176 g/mol. The van der Waals surface area contributed by atoms with Gasteiger partial charge in [0.25, 0.3) is 0 Å². The van der Waals surface area contributed by atoms with E-state index in [1.165, 1.54) is 30.4 Å². The van der Waals surface area contributed by atoms with Crippen LogP contribution in [-0.4, -0.2) is 11.7 Å². The first kappa shape index (κ1) is 8.76. The fourth-order valence-electron chi connectivity index (χ4n) is 2.20. The van der Waals surface area contributed by atoms with Gasteiger partial charge in [-0.1, -0.05) is 18.2 Å². The van der Waals surface area contributed by atoms with Gasteiger partial charge >= 0.3 is 0 Å². The van der Waals surface area contributed by atoms with Crippen LogP contribution >= 0.6 is 0 Å². The third kappa shape index (κ3) is 1.75. The fourth-order valence-corrected chi connectivity index (χ4v) is 2.20. The van der Waals surface area contributed by atoms with Crippen molar-refractivity contribution >= 4 is 0 Å².